The molecule has 0 fully saturated rings. The molecule has 1 aromatic rings. The minimum atomic E-state index is 0.685. The summed E-state index contributed by atoms with van der Waals surface area (Å²) in [5, 5.41) is 5.76. The van der Waals surface area contributed by atoms with Crippen LogP contribution in [0.2, 0.25) is 0 Å². The number of rotatable bonds is 1. The highest BCUT2D eigenvalue weighted by molar-refractivity contribution is 7.10. The molecule has 1 aromatic heterocycles. The van der Waals surface area contributed by atoms with Crippen LogP contribution in [0.1, 0.15) is 35.8 Å². The molecule has 66 valence electrons. The Hall–Kier alpha value is -0.340. The van der Waals surface area contributed by atoms with Crippen molar-refractivity contribution in [3.63, 3.8) is 0 Å². The van der Waals surface area contributed by atoms with E-state index in [1.165, 1.54) is 6.42 Å². The van der Waals surface area contributed by atoms with Gasteiger partial charge in [-0.25, -0.2) is 0 Å². The first-order valence-electron chi connectivity index (χ1n) is 4.59. The summed E-state index contributed by atoms with van der Waals surface area (Å²) in [6, 6.07) is 0. The van der Waals surface area contributed by atoms with E-state index >= 15 is 0 Å². The lowest BCUT2D eigenvalue weighted by atomic mass is 9.98. The molecule has 2 rings (SSSR count). The third kappa shape index (κ3) is 1.29. The van der Waals surface area contributed by atoms with Crippen molar-refractivity contribution >= 4 is 11.3 Å². The molecule has 0 radical (unpaired) electrons. The summed E-state index contributed by atoms with van der Waals surface area (Å²) in [6.45, 7) is 6.80. The third-order valence-corrected chi connectivity index (χ3v) is 3.57. The summed E-state index contributed by atoms with van der Waals surface area (Å²) in [6.07, 6.45) is 1.23. The van der Waals surface area contributed by atoms with Gasteiger partial charge in [-0.05, 0) is 28.8 Å². The molecule has 1 nitrogen and oxygen atoms in total. The maximum Gasteiger partial charge on any atom is 0.0219 e. The Balaban J connectivity index is 2.38. The quantitative estimate of drug-likeness (QED) is 0.702. The molecule has 0 amide bonds. The second kappa shape index (κ2) is 3.19. The van der Waals surface area contributed by atoms with Gasteiger partial charge in [0, 0.05) is 18.0 Å². The maximum atomic E-state index is 3.43. The number of hydrogen-bond donors (Lipinski definition) is 1. The molecule has 1 aliphatic heterocycles. The minimum Gasteiger partial charge on any atom is -0.312 e. The van der Waals surface area contributed by atoms with Gasteiger partial charge in [0.15, 0.2) is 0 Å². The van der Waals surface area contributed by atoms with Gasteiger partial charge in [-0.3, -0.25) is 0 Å². The summed E-state index contributed by atoms with van der Waals surface area (Å²) in [5.41, 5.74) is 3.14. The monoisotopic (exact) mass is 181 g/mol. The van der Waals surface area contributed by atoms with E-state index in [2.05, 4.69) is 24.5 Å². The van der Waals surface area contributed by atoms with Crippen molar-refractivity contribution in [3.05, 3.63) is 21.4 Å². The van der Waals surface area contributed by atoms with Gasteiger partial charge in [0.05, 0.1) is 0 Å². The Bertz CT molecular complexity index is 275. The van der Waals surface area contributed by atoms with Gasteiger partial charge < -0.3 is 5.32 Å². The highest BCUT2D eigenvalue weighted by atomic mass is 32.1. The molecule has 0 atom stereocenters. The van der Waals surface area contributed by atoms with E-state index in [0.29, 0.717) is 5.92 Å². The molecule has 0 saturated heterocycles. The summed E-state index contributed by atoms with van der Waals surface area (Å²) < 4.78 is 0. The second-order valence-electron chi connectivity index (χ2n) is 3.67. The van der Waals surface area contributed by atoms with Crippen molar-refractivity contribution in [1.29, 1.82) is 0 Å². The summed E-state index contributed by atoms with van der Waals surface area (Å²) in [5.74, 6) is 0.685. The first-order chi connectivity index (χ1) is 5.79. The fraction of sp³-hybridized carbons (Fsp3) is 0.600. The zero-order chi connectivity index (χ0) is 8.55. The molecule has 2 heteroatoms. The molecule has 2 heterocycles. The van der Waals surface area contributed by atoms with Crippen LogP contribution in [0, 0.1) is 0 Å². The molecule has 0 aliphatic carbocycles. The Kier molecular flexibility index (Phi) is 2.20. The summed E-state index contributed by atoms with van der Waals surface area (Å²) in [7, 11) is 0. The average Bonchev–Trinajstić information content (AvgIpc) is 2.47. The maximum absolute atomic E-state index is 3.43. The molecular weight excluding hydrogens is 166 g/mol. The lowest BCUT2D eigenvalue weighted by Gasteiger charge is -2.15. The summed E-state index contributed by atoms with van der Waals surface area (Å²) >= 11 is 1.94. The van der Waals surface area contributed by atoms with Gasteiger partial charge in [-0.1, -0.05) is 13.8 Å². The second-order valence-corrected chi connectivity index (χ2v) is 4.64. The molecule has 0 aromatic carbocycles. The molecule has 0 unspecified atom stereocenters. The molecule has 12 heavy (non-hydrogen) atoms. The van der Waals surface area contributed by atoms with Crippen molar-refractivity contribution in [1.82, 2.24) is 5.32 Å². The standard InChI is InChI=1S/C10H15NS/c1-7(2)9-6-12-10-3-4-11-5-8(9)10/h6-7,11H,3-5H2,1-2H3. The van der Waals surface area contributed by atoms with Crippen LogP contribution in [0.15, 0.2) is 5.38 Å². The minimum absolute atomic E-state index is 0.685. The van der Waals surface area contributed by atoms with Crippen LogP contribution in [-0.2, 0) is 13.0 Å². The molecule has 0 spiro atoms. The average molecular weight is 181 g/mol. The van der Waals surface area contributed by atoms with Gasteiger partial charge in [0.25, 0.3) is 0 Å². The van der Waals surface area contributed by atoms with Crippen LogP contribution in [0.3, 0.4) is 0 Å². The number of fused-ring (bicyclic) bond motifs is 1. The molecule has 1 aliphatic rings. The van der Waals surface area contributed by atoms with E-state index in [4.69, 9.17) is 0 Å². The predicted molar refractivity (Wildman–Crippen MR) is 53.8 cm³/mol. The third-order valence-electron chi connectivity index (χ3n) is 2.47. The summed E-state index contributed by atoms with van der Waals surface area (Å²) in [4.78, 5) is 1.61. The lowest BCUT2D eigenvalue weighted by Crippen LogP contribution is -2.23. The van der Waals surface area contributed by atoms with Crippen LogP contribution >= 0.6 is 11.3 Å². The lowest BCUT2D eigenvalue weighted by molar-refractivity contribution is 0.642. The Morgan fingerprint density at radius 2 is 2.33 bits per heavy atom. The first kappa shape index (κ1) is 8.27. The fourth-order valence-electron chi connectivity index (χ4n) is 1.75. The van der Waals surface area contributed by atoms with Gasteiger partial charge >= 0.3 is 0 Å². The fourth-order valence-corrected chi connectivity index (χ4v) is 2.98. The number of thiophene rings is 1. The van der Waals surface area contributed by atoms with Crippen molar-refractivity contribution in [2.45, 2.75) is 32.7 Å². The van der Waals surface area contributed by atoms with Crippen molar-refractivity contribution in [3.8, 4) is 0 Å². The number of nitrogens with one attached hydrogen (secondary N) is 1. The van der Waals surface area contributed by atoms with Crippen LogP contribution in [0.4, 0.5) is 0 Å². The zero-order valence-corrected chi connectivity index (χ0v) is 8.50. The first-order valence-corrected chi connectivity index (χ1v) is 5.47. The Morgan fingerprint density at radius 3 is 3.08 bits per heavy atom. The molecule has 0 saturated carbocycles. The van der Waals surface area contributed by atoms with E-state index < -0.39 is 0 Å². The Morgan fingerprint density at radius 1 is 1.50 bits per heavy atom. The highest BCUT2D eigenvalue weighted by Gasteiger charge is 2.16. The largest absolute Gasteiger partial charge is 0.312 e. The van der Waals surface area contributed by atoms with Crippen LogP contribution < -0.4 is 5.32 Å². The van der Waals surface area contributed by atoms with E-state index in [-0.39, 0.29) is 0 Å². The SMILES string of the molecule is CC(C)c1csc2c1CNCC2. The van der Waals surface area contributed by atoms with Gasteiger partial charge in [0.2, 0.25) is 0 Å². The van der Waals surface area contributed by atoms with Gasteiger partial charge in [-0.15, -0.1) is 11.3 Å². The normalized spacial score (nSPS) is 16.6. The Labute approximate surface area is 77.8 Å². The molecule has 1 N–H and O–H groups in total. The van der Waals surface area contributed by atoms with E-state index in [1.807, 2.05) is 11.3 Å². The van der Waals surface area contributed by atoms with Crippen LogP contribution in [-0.4, -0.2) is 6.54 Å². The van der Waals surface area contributed by atoms with Crippen LogP contribution in [0.5, 0.6) is 0 Å². The van der Waals surface area contributed by atoms with E-state index in [0.717, 1.165) is 13.1 Å². The van der Waals surface area contributed by atoms with Gasteiger partial charge in [0.1, 0.15) is 0 Å². The van der Waals surface area contributed by atoms with Gasteiger partial charge in [-0.2, -0.15) is 0 Å². The molecule has 0 bridgehead atoms. The zero-order valence-electron chi connectivity index (χ0n) is 7.68. The van der Waals surface area contributed by atoms with E-state index in [1.54, 1.807) is 16.0 Å². The molecular formula is C10H15NS. The van der Waals surface area contributed by atoms with E-state index in [9.17, 15) is 0 Å². The van der Waals surface area contributed by atoms with Crippen LogP contribution in [0.25, 0.3) is 0 Å². The number of hydrogen-bond acceptors (Lipinski definition) is 2. The topological polar surface area (TPSA) is 12.0 Å². The van der Waals surface area contributed by atoms with Crippen molar-refractivity contribution < 1.29 is 0 Å². The predicted octanol–water partition coefficient (Wildman–Crippen LogP) is 2.52. The smallest absolute Gasteiger partial charge is 0.0219 e. The van der Waals surface area contributed by atoms with Crippen molar-refractivity contribution in [2.24, 2.45) is 0 Å². The highest BCUT2D eigenvalue weighted by Crippen LogP contribution is 2.30. The van der Waals surface area contributed by atoms with Crippen molar-refractivity contribution in [2.75, 3.05) is 6.54 Å².